The lowest BCUT2D eigenvalue weighted by Crippen LogP contribution is -2.31. The van der Waals surface area contributed by atoms with Gasteiger partial charge >= 0.3 is 0 Å². The molecule has 1 fully saturated rings. The third-order valence-electron chi connectivity index (χ3n) is 4.29. The Kier molecular flexibility index (Phi) is 6.18. The van der Waals surface area contributed by atoms with Gasteiger partial charge in [0, 0.05) is 12.0 Å². The van der Waals surface area contributed by atoms with Gasteiger partial charge in [0.25, 0.3) is 0 Å². The number of benzene rings is 2. The molecule has 0 bridgehead atoms. The van der Waals surface area contributed by atoms with Gasteiger partial charge in [-0.3, -0.25) is 9.59 Å². The van der Waals surface area contributed by atoms with E-state index in [2.05, 4.69) is 10.2 Å². The fourth-order valence-electron chi connectivity index (χ4n) is 2.83. The molecule has 0 radical (unpaired) electrons. The first-order valence-electron chi connectivity index (χ1n) is 8.74. The summed E-state index contributed by atoms with van der Waals surface area (Å²) in [5.74, 6) is 0.0544. The summed E-state index contributed by atoms with van der Waals surface area (Å²) in [6.45, 7) is 1.69. The van der Waals surface area contributed by atoms with Gasteiger partial charge in [0.2, 0.25) is 11.8 Å². The number of phenols is 1. The topological polar surface area (TPSA) is 118 Å². The highest BCUT2D eigenvalue weighted by atomic mass is 32.2. The number of aromatic hydroxyl groups is 1. The predicted molar refractivity (Wildman–Crippen MR) is 113 cm³/mol. The minimum atomic E-state index is -0.672. The van der Waals surface area contributed by atoms with Gasteiger partial charge in [-0.2, -0.15) is 5.10 Å². The number of amides is 2. The number of para-hydroxylation sites is 1. The summed E-state index contributed by atoms with van der Waals surface area (Å²) < 4.78 is 5.09. The van der Waals surface area contributed by atoms with Crippen molar-refractivity contribution in [2.45, 2.75) is 18.6 Å². The normalized spacial score (nSPS) is 17.7. The van der Waals surface area contributed by atoms with E-state index in [-0.39, 0.29) is 29.2 Å². The van der Waals surface area contributed by atoms with Crippen LogP contribution in [0.4, 0.5) is 5.69 Å². The number of ether oxygens (including phenoxy) is 1. The summed E-state index contributed by atoms with van der Waals surface area (Å²) in [6, 6.07) is 13.4. The number of phenolic OH excluding ortho intramolecular Hbond substituents is 1. The molecule has 1 aliphatic heterocycles. The standard InChI is InChI=1S/C20H20N4O4S/c1-12(15-5-3-4-6-16(15)25)22-23-20(21)29-17-11-18(26)24(19(17)27)13-7-9-14(28-2)10-8-13/h3-10,17,25H,11H2,1-2H3,(H2,21,23)/b22-12+. The highest BCUT2D eigenvalue weighted by Crippen LogP contribution is 2.30. The average Bonchev–Trinajstić information content (AvgIpc) is 2.99. The Morgan fingerprint density at radius 3 is 2.52 bits per heavy atom. The van der Waals surface area contributed by atoms with Crippen LogP contribution in [0.2, 0.25) is 0 Å². The van der Waals surface area contributed by atoms with Crippen LogP contribution in [-0.4, -0.2) is 40.2 Å². The highest BCUT2D eigenvalue weighted by molar-refractivity contribution is 8.14. The number of amidine groups is 1. The molecule has 29 heavy (non-hydrogen) atoms. The Balaban J connectivity index is 1.70. The fourth-order valence-corrected chi connectivity index (χ4v) is 3.64. The van der Waals surface area contributed by atoms with Gasteiger partial charge in [0.15, 0.2) is 5.17 Å². The van der Waals surface area contributed by atoms with Crippen molar-refractivity contribution in [1.82, 2.24) is 0 Å². The van der Waals surface area contributed by atoms with Crippen molar-refractivity contribution in [2.24, 2.45) is 15.9 Å². The molecule has 1 aliphatic rings. The number of nitrogens with zero attached hydrogens (tertiary/aromatic N) is 3. The van der Waals surface area contributed by atoms with E-state index in [0.29, 0.717) is 22.7 Å². The van der Waals surface area contributed by atoms with Gasteiger partial charge in [0.1, 0.15) is 16.7 Å². The van der Waals surface area contributed by atoms with Crippen molar-refractivity contribution in [3.63, 3.8) is 0 Å². The van der Waals surface area contributed by atoms with Crippen molar-refractivity contribution in [3.8, 4) is 11.5 Å². The lowest BCUT2D eigenvalue weighted by Gasteiger charge is -2.15. The molecule has 3 rings (SSSR count). The van der Waals surface area contributed by atoms with Crippen molar-refractivity contribution in [1.29, 1.82) is 0 Å². The first-order valence-corrected chi connectivity index (χ1v) is 9.62. The SMILES string of the molecule is COc1ccc(N2C(=O)CC(S/C(N)=N/N=C(\C)c3ccccc3O)C2=O)cc1. The molecule has 0 spiro atoms. The molecule has 2 amide bonds. The second kappa shape index (κ2) is 8.78. The van der Waals surface area contributed by atoms with Crippen molar-refractivity contribution in [3.05, 3.63) is 54.1 Å². The van der Waals surface area contributed by atoms with Crippen LogP contribution in [-0.2, 0) is 9.59 Å². The first-order chi connectivity index (χ1) is 13.9. The summed E-state index contributed by atoms with van der Waals surface area (Å²) >= 11 is 0.988. The molecule has 150 valence electrons. The predicted octanol–water partition coefficient (Wildman–Crippen LogP) is 2.50. The molecule has 0 aliphatic carbocycles. The minimum absolute atomic E-state index is 0.0217. The van der Waals surface area contributed by atoms with Gasteiger partial charge in [-0.1, -0.05) is 23.9 Å². The van der Waals surface area contributed by atoms with E-state index < -0.39 is 5.25 Å². The molecule has 2 aromatic rings. The van der Waals surface area contributed by atoms with Crippen molar-refractivity contribution in [2.75, 3.05) is 12.0 Å². The fraction of sp³-hybridized carbons (Fsp3) is 0.200. The summed E-state index contributed by atoms with van der Waals surface area (Å²) in [7, 11) is 1.54. The third kappa shape index (κ3) is 4.57. The molecule has 1 saturated heterocycles. The summed E-state index contributed by atoms with van der Waals surface area (Å²) in [5, 5.41) is 17.2. The summed E-state index contributed by atoms with van der Waals surface area (Å²) in [4.78, 5) is 26.2. The molecule has 8 nitrogen and oxygen atoms in total. The number of hydrogen-bond donors (Lipinski definition) is 2. The minimum Gasteiger partial charge on any atom is -0.507 e. The number of methoxy groups -OCH3 is 1. The zero-order chi connectivity index (χ0) is 21.0. The van der Waals surface area contributed by atoms with Crippen LogP contribution in [0.15, 0.2) is 58.7 Å². The van der Waals surface area contributed by atoms with Gasteiger partial charge in [0.05, 0.1) is 18.5 Å². The number of thioether (sulfide) groups is 1. The Bertz CT molecular complexity index is 988. The van der Waals surface area contributed by atoms with E-state index in [1.54, 1.807) is 62.6 Å². The molecule has 1 unspecified atom stereocenters. The van der Waals surface area contributed by atoms with E-state index in [4.69, 9.17) is 10.5 Å². The maximum Gasteiger partial charge on any atom is 0.247 e. The number of carbonyl (C=O) groups excluding carboxylic acids is 2. The smallest absolute Gasteiger partial charge is 0.247 e. The van der Waals surface area contributed by atoms with Crippen molar-refractivity contribution >= 4 is 40.1 Å². The maximum absolute atomic E-state index is 12.7. The molecule has 1 heterocycles. The monoisotopic (exact) mass is 412 g/mol. The number of imide groups is 1. The summed E-state index contributed by atoms with van der Waals surface area (Å²) in [6.07, 6.45) is 0.0217. The Hall–Kier alpha value is -3.33. The second-order valence-corrected chi connectivity index (χ2v) is 7.44. The van der Waals surface area contributed by atoms with Crippen LogP contribution in [0.5, 0.6) is 11.5 Å². The zero-order valence-electron chi connectivity index (χ0n) is 15.9. The number of nitrogens with two attached hydrogens (primary N) is 1. The molecular formula is C20H20N4O4S. The number of carbonyl (C=O) groups is 2. The quantitative estimate of drug-likeness (QED) is 0.337. The molecule has 3 N–H and O–H groups in total. The van der Waals surface area contributed by atoms with Gasteiger partial charge in [-0.05, 0) is 43.3 Å². The van der Waals surface area contributed by atoms with Crippen LogP contribution in [0.25, 0.3) is 0 Å². The molecular weight excluding hydrogens is 392 g/mol. The molecule has 0 aromatic heterocycles. The van der Waals surface area contributed by atoms with Crippen LogP contribution in [0, 0.1) is 0 Å². The van der Waals surface area contributed by atoms with E-state index in [0.717, 1.165) is 16.7 Å². The third-order valence-corrected chi connectivity index (χ3v) is 5.27. The number of rotatable bonds is 5. The lowest BCUT2D eigenvalue weighted by molar-refractivity contribution is -0.121. The second-order valence-electron chi connectivity index (χ2n) is 6.22. The van der Waals surface area contributed by atoms with Gasteiger partial charge < -0.3 is 15.6 Å². The molecule has 2 aromatic carbocycles. The van der Waals surface area contributed by atoms with Crippen molar-refractivity contribution < 1.29 is 19.4 Å². The van der Waals surface area contributed by atoms with Crippen LogP contribution >= 0.6 is 11.8 Å². The highest BCUT2D eigenvalue weighted by Gasteiger charge is 2.40. The Morgan fingerprint density at radius 2 is 1.86 bits per heavy atom. The molecule has 9 heteroatoms. The Morgan fingerprint density at radius 1 is 1.17 bits per heavy atom. The molecule has 1 atom stereocenters. The average molecular weight is 412 g/mol. The van der Waals surface area contributed by atoms with E-state index >= 15 is 0 Å². The van der Waals surface area contributed by atoms with Crippen LogP contribution in [0.3, 0.4) is 0 Å². The van der Waals surface area contributed by atoms with E-state index in [1.165, 1.54) is 0 Å². The number of anilines is 1. The van der Waals surface area contributed by atoms with Gasteiger partial charge in [-0.25, -0.2) is 4.90 Å². The lowest BCUT2D eigenvalue weighted by atomic mass is 10.1. The van der Waals surface area contributed by atoms with E-state index in [1.807, 2.05) is 0 Å². The summed E-state index contributed by atoms with van der Waals surface area (Å²) in [5.41, 5.74) is 7.38. The van der Waals surface area contributed by atoms with Crippen LogP contribution < -0.4 is 15.4 Å². The Labute approximate surface area is 172 Å². The van der Waals surface area contributed by atoms with Crippen LogP contribution in [0.1, 0.15) is 18.9 Å². The van der Waals surface area contributed by atoms with Gasteiger partial charge in [-0.15, -0.1) is 5.10 Å². The maximum atomic E-state index is 12.7. The largest absolute Gasteiger partial charge is 0.507 e. The first kappa shape index (κ1) is 20.4. The molecule has 0 saturated carbocycles. The van der Waals surface area contributed by atoms with E-state index in [9.17, 15) is 14.7 Å². The number of hydrogen-bond acceptors (Lipinski definition) is 7. The zero-order valence-corrected chi connectivity index (χ0v) is 16.7.